The van der Waals surface area contributed by atoms with Crippen molar-refractivity contribution < 1.29 is 14.9 Å². The molecule has 1 aliphatic rings. The summed E-state index contributed by atoms with van der Waals surface area (Å²) in [5.74, 6) is 0.397. The fourth-order valence-corrected chi connectivity index (χ4v) is 4.06. The number of benzene rings is 2. The Bertz CT molecular complexity index is 1080. The normalized spacial score (nSPS) is 14.5. The molecule has 2 heterocycles. The van der Waals surface area contributed by atoms with E-state index >= 15 is 0 Å². The minimum atomic E-state index is -0.328. The van der Waals surface area contributed by atoms with Gasteiger partial charge in [0.25, 0.3) is 0 Å². The van der Waals surface area contributed by atoms with Crippen LogP contribution in [0.1, 0.15) is 6.42 Å². The van der Waals surface area contributed by atoms with Crippen LogP contribution in [0.2, 0.25) is 0 Å². The predicted octanol–water partition coefficient (Wildman–Crippen LogP) is 3.68. The molecule has 1 aliphatic heterocycles. The molecule has 0 saturated carbocycles. The van der Waals surface area contributed by atoms with Crippen LogP contribution in [-0.4, -0.2) is 66.5 Å². The number of hydrogen-bond acceptors (Lipinski definition) is 9. The number of phenolic OH excluding ortho intramolecular Hbond substituents is 2. The maximum Gasteiger partial charge on any atom is 0.178 e. The van der Waals surface area contributed by atoms with E-state index in [-0.39, 0.29) is 28.4 Å². The van der Waals surface area contributed by atoms with Gasteiger partial charge in [-0.1, -0.05) is 0 Å². The summed E-state index contributed by atoms with van der Waals surface area (Å²) < 4.78 is 5.22. The quantitative estimate of drug-likeness (QED) is 0.212. The van der Waals surface area contributed by atoms with E-state index in [1.165, 1.54) is 11.9 Å². The number of piperazine rings is 1. The third-order valence-electron chi connectivity index (χ3n) is 5.84. The van der Waals surface area contributed by atoms with Crippen LogP contribution in [0.5, 0.6) is 17.2 Å². The molecule has 2 aromatic carbocycles. The Morgan fingerprint density at radius 2 is 1.84 bits per heavy atom. The molecular weight excluding hydrogens is 410 g/mol. The van der Waals surface area contributed by atoms with E-state index in [9.17, 15) is 15.1 Å². The first kappa shape index (κ1) is 21.6. The van der Waals surface area contributed by atoms with Gasteiger partial charge in [-0.3, -0.25) is 9.88 Å². The monoisotopic (exact) mass is 437 g/mol. The highest BCUT2D eigenvalue weighted by Gasteiger charge is 2.21. The van der Waals surface area contributed by atoms with Crippen molar-refractivity contribution in [2.45, 2.75) is 6.42 Å². The van der Waals surface area contributed by atoms with Crippen LogP contribution in [0.15, 0.2) is 47.8 Å². The second kappa shape index (κ2) is 9.69. The van der Waals surface area contributed by atoms with Crippen molar-refractivity contribution in [1.29, 1.82) is 0 Å². The number of rotatable bonds is 8. The number of nitrogens with one attached hydrogen (secondary N) is 1. The van der Waals surface area contributed by atoms with Crippen molar-refractivity contribution in [2.24, 2.45) is 5.18 Å². The molecule has 1 aromatic heterocycles. The van der Waals surface area contributed by atoms with Crippen LogP contribution in [0.4, 0.5) is 17.1 Å². The van der Waals surface area contributed by atoms with Crippen LogP contribution in [0, 0.1) is 4.91 Å². The Morgan fingerprint density at radius 3 is 2.53 bits per heavy atom. The van der Waals surface area contributed by atoms with Gasteiger partial charge in [-0.05, 0) is 54.5 Å². The minimum absolute atomic E-state index is 0.131. The first-order chi connectivity index (χ1) is 15.6. The van der Waals surface area contributed by atoms with E-state index in [0.29, 0.717) is 11.9 Å². The van der Waals surface area contributed by atoms with E-state index in [1.54, 1.807) is 19.2 Å². The molecule has 9 heteroatoms. The predicted molar refractivity (Wildman–Crippen MR) is 125 cm³/mol. The molecule has 0 atom stereocenters. The summed E-state index contributed by atoms with van der Waals surface area (Å²) in [6.45, 7) is 5.23. The number of anilines is 2. The lowest BCUT2D eigenvalue weighted by atomic mass is 10.1. The Morgan fingerprint density at radius 1 is 1.09 bits per heavy atom. The van der Waals surface area contributed by atoms with Crippen molar-refractivity contribution >= 4 is 28.0 Å². The lowest BCUT2D eigenvalue weighted by Crippen LogP contribution is -2.46. The van der Waals surface area contributed by atoms with E-state index in [1.807, 2.05) is 12.1 Å². The Kier molecular flexibility index (Phi) is 6.55. The number of fused-ring (bicyclic) bond motifs is 1. The number of ether oxygens (including phenoxy) is 1. The standard InChI is InChI=1S/C23H27N5O4/c1-32-17-7-5-16(6-8-17)28-14-12-27(13-15-28)11-3-10-25-20-21(26-31)23(30)19-18(22(20)29)4-2-9-24-19/h2,4-9,25,29-30H,3,10-15H2,1H3. The van der Waals surface area contributed by atoms with E-state index in [4.69, 9.17) is 4.74 Å². The Hall–Kier alpha value is -3.59. The third-order valence-corrected chi connectivity index (χ3v) is 5.84. The molecule has 168 valence electrons. The number of methoxy groups -OCH3 is 1. The highest BCUT2D eigenvalue weighted by Crippen LogP contribution is 2.47. The minimum Gasteiger partial charge on any atom is -0.505 e. The molecule has 0 spiro atoms. The van der Waals surface area contributed by atoms with Crippen LogP contribution in [0.3, 0.4) is 0 Å². The fourth-order valence-electron chi connectivity index (χ4n) is 4.06. The van der Waals surface area contributed by atoms with Gasteiger partial charge in [0.1, 0.15) is 17.0 Å². The largest absolute Gasteiger partial charge is 0.505 e. The number of nitroso groups, excluding NO2 is 1. The Labute approximate surface area is 186 Å². The van der Waals surface area contributed by atoms with Crippen molar-refractivity contribution in [3.05, 3.63) is 47.5 Å². The van der Waals surface area contributed by atoms with Gasteiger partial charge in [-0.25, -0.2) is 0 Å². The molecule has 0 amide bonds. The van der Waals surface area contributed by atoms with E-state index < -0.39 is 0 Å². The van der Waals surface area contributed by atoms with Gasteiger partial charge in [0.05, 0.1) is 7.11 Å². The third kappa shape index (κ3) is 4.38. The van der Waals surface area contributed by atoms with Gasteiger partial charge in [0.2, 0.25) is 0 Å². The number of hydrogen-bond donors (Lipinski definition) is 3. The molecule has 3 N–H and O–H groups in total. The molecule has 0 bridgehead atoms. The zero-order chi connectivity index (χ0) is 22.5. The number of phenols is 2. The summed E-state index contributed by atoms with van der Waals surface area (Å²) in [6.07, 6.45) is 2.30. The van der Waals surface area contributed by atoms with Crippen LogP contribution in [-0.2, 0) is 0 Å². The first-order valence-electron chi connectivity index (χ1n) is 10.6. The van der Waals surface area contributed by atoms with Gasteiger partial charge in [-0.2, -0.15) is 0 Å². The van der Waals surface area contributed by atoms with E-state index in [2.05, 4.69) is 37.4 Å². The molecule has 1 saturated heterocycles. The topological polar surface area (TPSA) is 111 Å². The van der Waals surface area contributed by atoms with Gasteiger partial charge in [0.15, 0.2) is 17.2 Å². The second-order valence-electron chi connectivity index (χ2n) is 7.72. The maximum atomic E-state index is 11.3. The highest BCUT2D eigenvalue weighted by atomic mass is 16.5. The number of pyridine rings is 1. The summed E-state index contributed by atoms with van der Waals surface area (Å²) in [6, 6.07) is 11.4. The maximum absolute atomic E-state index is 11.3. The zero-order valence-electron chi connectivity index (χ0n) is 18.0. The fraction of sp³-hybridized carbons (Fsp3) is 0.348. The van der Waals surface area contributed by atoms with Crippen molar-refractivity contribution in [1.82, 2.24) is 9.88 Å². The van der Waals surface area contributed by atoms with Crippen molar-refractivity contribution in [3.63, 3.8) is 0 Å². The SMILES string of the molecule is COc1ccc(N2CCN(CCCNc3c(N=O)c(O)c4ncccc4c3O)CC2)cc1. The number of nitrogens with zero attached hydrogens (tertiary/aromatic N) is 4. The Balaban J connectivity index is 1.30. The number of aromatic nitrogens is 1. The summed E-state index contributed by atoms with van der Waals surface area (Å²) in [4.78, 5) is 20.1. The average molecular weight is 438 g/mol. The summed E-state index contributed by atoms with van der Waals surface area (Å²) >= 11 is 0. The van der Waals surface area contributed by atoms with Gasteiger partial charge < -0.3 is 25.2 Å². The molecular formula is C23H27N5O4. The van der Waals surface area contributed by atoms with Gasteiger partial charge >= 0.3 is 0 Å². The van der Waals surface area contributed by atoms with E-state index in [0.717, 1.165) is 44.9 Å². The van der Waals surface area contributed by atoms with Crippen LogP contribution in [0.25, 0.3) is 10.9 Å². The summed E-state index contributed by atoms with van der Waals surface area (Å²) in [5, 5.41) is 27.3. The lowest BCUT2D eigenvalue weighted by molar-refractivity contribution is 0.257. The molecule has 32 heavy (non-hydrogen) atoms. The van der Waals surface area contributed by atoms with Crippen LogP contribution >= 0.6 is 0 Å². The van der Waals surface area contributed by atoms with Gasteiger partial charge in [-0.15, -0.1) is 4.91 Å². The molecule has 3 aromatic rings. The second-order valence-corrected chi connectivity index (χ2v) is 7.72. The molecule has 1 fully saturated rings. The summed E-state index contributed by atoms with van der Waals surface area (Å²) in [7, 11) is 1.67. The zero-order valence-corrected chi connectivity index (χ0v) is 18.0. The van der Waals surface area contributed by atoms with Crippen LogP contribution < -0.4 is 15.0 Å². The molecule has 9 nitrogen and oxygen atoms in total. The molecule has 0 radical (unpaired) electrons. The van der Waals surface area contributed by atoms with Gasteiger partial charge in [0, 0.05) is 50.0 Å². The van der Waals surface area contributed by atoms with Crippen molar-refractivity contribution in [3.8, 4) is 17.2 Å². The lowest BCUT2D eigenvalue weighted by Gasteiger charge is -2.36. The van der Waals surface area contributed by atoms with Crippen molar-refractivity contribution in [2.75, 3.05) is 56.6 Å². The number of aromatic hydroxyl groups is 2. The molecule has 4 rings (SSSR count). The average Bonchev–Trinajstić information content (AvgIpc) is 2.85. The molecule has 0 unspecified atom stereocenters. The smallest absolute Gasteiger partial charge is 0.178 e. The highest BCUT2D eigenvalue weighted by molar-refractivity contribution is 6.01. The first-order valence-corrected chi connectivity index (χ1v) is 10.6. The summed E-state index contributed by atoms with van der Waals surface area (Å²) in [5.41, 5.74) is 1.27. The molecule has 0 aliphatic carbocycles.